The fourth-order valence-electron chi connectivity index (χ4n) is 3.79. The summed E-state index contributed by atoms with van der Waals surface area (Å²) in [6.45, 7) is 3.45. The first-order valence-corrected chi connectivity index (χ1v) is 9.63. The van der Waals surface area contributed by atoms with E-state index >= 15 is 0 Å². The van der Waals surface area contributed by atoms with E-state index in [2.05, 4.69) is 0 Å². The summed E-state index contributed by atoms with van der Waals surface area (Å²) in [6.07, 6.45) is 0.718. The van der Waals surface area contributed by atoms with Gasteiger partial charge in [-0.25, -0.2) is 14.1 Å². The number of ether oxygens (including phenoxy) is 1. The largest absolute Gasteiger partial charge is 0.447 e. The molecular formula is C23H24FNO4. The molecular weight excluding hydrogens is 373 g/mol. The summed E-state index contributed by atoms with van der Waals surface area (Å²) < 4.78 is 19.0. The normalized spacial score (nSPS) is 17.1. The quantitative estimate of drug-likeness (QED) is 0.667. The van der Waals surface area contributed by atoms with Gasteiger partial charge in [-0.3, -0.25) is 4.79 Å². The highest BCUT2D eigenvalue weighted by molar-refractivity contribution is 5.95. The number of halogens is 1. The molecule has 0 aliphatic carbocycles. The van der Waals surface area contributed by atoms with Crippen LogP contribution in [-0.2, 0) is 27.2 Å². The van der Waals surface area contributed by atoms with Crippen molar-refractivity contribution in [3.8, 4) is 0 Å². The first kappa shape index (κ1) is 20.7. The third kappa shape index (κ3) is 4.70. The Hall–Kier alpha value is -3.02. The van der Waals surface area contributed by atoms with Crippen LogP contribution in [0.2, 0.25) is 0 Å². The van der Waals surface area contributed by atoms with Gasteiger partial charge in [0.25, 0.3) is 0 Å². The molecule has 0 bridgehead atoms. The maximum Gasteiger partial charge on any atom is 0.416 e. The molecule has 5 nitrogen and oxygen atoms in total. The van der Waals surface area contributed by atoms with Gasteiger partial charge in [0.1, 0.15) is 18.7 Å². The van der Waals surface area contributed by atoms with Gasteiger partial charge in [-0.1, -0.05) is 42.5 Å². The molecule has 0 radical (unpaired) electrons. The molecule has 1 fully saturated rings. The zero-order valence-corrected chi connectivity index (χ0v) is 16.6. The minimum atomic E-state index is -0.708. The molecule has 2 aromatic carbocycles. The lowest BCUT2D eigenvalue weighted by Crippen LogP contribution is -2.44. The van der Waals surface area contributed by atoms with E-state index in [-0.39, 0.29) is 25.3 Å². The van der Waals surface area contributed by atoms with Gasteiger partial charge < -0.3 is 9.53 Å². The van der Waals surface area contributed by atoms with Crippen molar-refractivity contribution in [2.24, 2.45) is 5.92 Å². The number of aryl methyl sites for hydroxylation is 2. The highest BCUT2D eigenvalue weighted by atomic mass is 19.1. The van der Waals surface area contributed by atoms with Crippen LogP contribution in [0.5, 0.6) is 0 Å². The summed E-state index contributed by atoms with van der Waals surface area (Å²) in [5, 5.41) is 0. The lowest BCUT2D eigenvalue weighted by atomic mass is 9.92. The van der Waals surface area contributed by atoms with Crippen LogP contribution in [0.4, 0.5) is 9.18 Å². The van der Waals surface area contributed by atoms with Crippen molar-refractivity contribution in [2.45, 2.75) is 39.2 Å². The van der Waals surface area contributed by atoms with Gasteiger partial charge in [0, 0.05) is 12.3 Å². The molecule has 2 atom stereocenters. The Labute approximate surface area is 169 Å². The number of carbonyl (C=O) groups excluding carboxylic acids is 3. The summed E-state index contributed by atoms with van der Waals surface area (Å²) in [7, 11) is 0. The SMILES string of the molecule is Cc1cc(C[C@@H](CC=O)C(=O)N2C(=O)OC[C@H]2Cc2ccccc2)cc(C)c1F. The van der Waals surface area contributed by atoms with Crippen LogP contribution in [0, 0.1) is 25.6 Å². The second-order valence-corrected chi connectivity index (χ2v) is 7.48. The monoisotopic (exact) mass is 397 g/mol. The predicted octanol–water partition coefficient (Wildman–Crippen LogP) is 3.78. The van der Waals surface area contributed by atoms with Gasteiger partial charge in [-0.2, -0.15) is 0 Å². The molecule has 0 aromatic heterocycles. The lowest BCUT2D eigenvalue weighted by molar-refractivity contribution is -0.134. The van der Waals surface area contributed by atoms with Crippen molar-refractivity contribution in [2.75, 3.05) is 6.61 Å². The second kappa shape index (κ2) is 8.99. The average Bonchev–Trinajstić information content (AvgIpc) is 3.06. The fourth-order valence-corrected chi connectivity index (χ4v) is 3.79. The van der Waals surface area contributed by atoms with E-state index < -0.39 is 24.0 Å². The highest BCUT2D eigenvalue weighted by Gasteiger charge is 2.40. The van der Waals surface area contributed by atoms with Crippen molar-refractivity contribution in [3.05, 3.63) is 70.5 Å². The molecule has 0 N–H and O–H groups in total. The molecule has 0 spiro atoms. The molecule has 1 aliphatic rings. The number of benzene rings is 2. The third-order valence-corrected chi connectivity index (χ3v) is 5.22. The number of imide groups is 1. The molecule has 1 aliphatic heterocycles. The van der Waals surface area contributed by atoms with Crippen LogP contribution in [0.3, 0.4) is 0 Å². The van der Waals surface area contributed by atoms with Gasteiger partial charge in [-0.15, -0.1) is 0 Å². The van der Waals surface area contributed by atoms with Crippen LogP contribution < -0.4 is 0 Å². The van der Waals surface area contributed by atoms with Crippen LogP contribution in [0.1, 0.15) is 28.7 Å². The summed E-state index contributed by atoms with van der Waals surface area (Å²) in [4.78, 5) is 37.8. The zero-order chi connectivity index (χ0) is 21.0. The van der Waals surface area contributed by atoms with Crippen LogP contribution >= 0.6 is 0 Å². The minimum Gasteiger partial charge on any atom is -0.447 e. The number of hydrogen-bond acceptors (Lipinski definition) is 4. The number of cyclic esters (lactones) is 1. The van der Waals surface area contributed by atoms with Gasteiger partial charge >= 0.3 is 6.09 Å². The Bertz CT molecular complexity index is 889. The Morgan fingerprint density at radius 3 is 2.48 bits per heavy atom. The number of amides is 2. The molecule has 1 saturated heterocycles. The summed E-state index contributed by atoms with van der Waals surface area (Å²) in [6, 6.07) is 12.5. The van der Waals surface area contributed by atoms with E-state index in [0.717, 1.165) is 16.0 Å². The van der Waals surface area contributed by atoms with Crippen molar-refractivity contribution in [3.63, 3.8) is 0 Å². The Balaban J connectivity index is 1.81. The van der Waals surface area contributed by atoms with Crippen LogP contribution in [0.25, 0.3) is 0 Å². The first-order chi connectivity index (χ1) is 13.9. The van der Waals surface area contributed by atoms with Gasteiger partial charge in [-0.05, 0) is 48.9 Å². The number of carbonyl (C=O) groups is 3. The van der Waals surface area contributed by atoms with Crippen LogP contribution in [0.15, 0.2) is 42.5 Å². The smallest absolute Gasteiger partial charge is 0.416 e. The van der Waals surface area contributed by atoms with E-state index in [1.54, 1.807) is 26.0 Å². The zero-order valence-electron chi connectivity index (χ0n) is 16.6. The Kier molecular flexibility index (Phi) is 6.42. The molecule has 6 heteroatoms. The first-order valence-electron chi connectivity index (χ1n) is 9.63. The summed E-state index contributed by atoms with van der Waals surface area (Å²) in [5.74, 6) is -1.42. The molecule has 29 heavy (non-hydrogen) atoms. The van der Waals surface area contributed by atoms with Crippen molar-refractivity contribution < 1.29 is 23.5 Å². The van der Waals surface area contributed by atoms with E-state index in [9.17, 15) is 18.8 Å². The predicted molar refractivity (Wildman–Crippen MR) is 106 cm³/mol. The Morgan fingerprint density at radius 1 is 1.21 bits per heavy atom. The topological polar surface area (TPSA) is 63.7 Å². The molecule has 2 amide bonds. The van der Waals surface area contributed by atoms with E-state index in [1.807, 2.05) is 30.3 Å². The number of hydrogen-bond donors (Lipinski definition) is 0. The molecule has 2 aromatic rings. The van der Waals surface area contributed by atoms with Gasteiger partial charge in [0.05, 0.1) is 6.04 Å². The average molecular weight is 397 g/mol. The maximum atomic E-state index is 13.9. The van der Waals surface area contributed by atoms with E-state index in [4.69, 9.17) is 4.74 Å². The molecule has 0 saturated carbocycles. The standard InChI is InChI=1S/C23H24FNO4/c1-15-10-18(11-16(2)21(15)24)12-19(8-9-26)22(27)25-20(14-29-23(25)28)13-17-6-4-3-5-7-17/h3-7,9-11,19-20H,8,12-14H2,1-2H3/t19-,20-/m1/s1. The Morgan fingerprint density at radius 2 is 1.86 bits per heavy atom. The highest BCUT2D eigenvalue weighted by Crippen LogP contribution is 2.24. The van der Waals surface area contributed by atoms with Crippen molar-refractivity contribution in [1.82, 2.24) is 4.90 Å². The summed E-state index contributed by atoms with van der Waals surface area (Å²) >= 11 is 0. The fraction of sp³-hybridized carbons (Fsp3) is 0.348. The molecule has 3 rings (SSSR count). The minimum absolute atomic E-state index is 0.0177. The van der Waals surface area contributed by atoms with Crippen molar-refractivity contribution in [1.29, 1.82) is 0 Å². The number of aldehydes is 1. The maximum absolute atomic E-state index is 13.9. The third-order valence-electron chi connectivity index (χ3n) is 5.22. The molecule has 152 valence electrons. The molecule has 0 unspecified atom stereocenters. The summed E-state index contributed by atoms with van der Waals surface area (Å²) in [5.41, 5.74) is 2.72. The van der Waals surface area contributed by atoms with Crippen molar-refractivity contribution >= 4 is 18.3 Å². The van der Waals surface area contributed by atoms with Crippen LogP contribution in [-0.4, -0.2) is 35.8 Å². The van der Waals surface area contributed by atoms with E-state index in [1.165, 1.54) is 0 Å². The van der Waals surface area contributed by atoms with Gasteiger partial charge in [0.15, 0.2) is 0 Å². The van der Waals surface area contributed by atoms with Gasteiger partial charge in [0.2, 0.25) is 5.91 Å². The number of nitrogens with zero attached hydrogens (tertiary/aromatic N) is 1. The lowest BCUT2D eigenvalue weighted by Gasteiger charge is -2.24. The number of rotatable bonds is 7. The van der Waals surface area contributed by atoms with E-state index in [0.29, 0.717) is 23.8 Å². The second-order valence-electron chi connectivity index (χ2n) is 7.48. The molecule has 1 heterocycles.